The van der Waals surface area contributed by atoms with Crippen molar-refractivity contribution in [3.8, 4) is 0 Å². The molecular weight excluding hydrogens is 229 g/mol. The van der Waals surface area contributed by atoms with Crippen molar-refractivity contribution in [3.05, 3.63) is 60.7 Å². The molecule has 92 valence electrons. The van der Waals surface area contributed by atoms with Crippen molar-refractivity contribution in [2.24, 2.45) is 0 Å². The van der Waals surface area contributed by atoms with E-state index in [1.54, 1.807) is 23.6 Å². The van der Waals surface area contributed by atoms with Crippen LogP contribution in [0.25, 0.3) is 11.2 Å². The molecule has 0 fully saturated rings. The van der Waals surface area contributed by atoms with Gasteiger partial charge in [0.15, 0.2) is 0 Å². The van der Waals surface area contributed by atoms with Gasteiger partial charge in [-0.15, -0.1) is 0 Å². The maximum Gasteiger partial charge on any atom is 0.142 e. The molecule has 0 aliphatic rings. The lowest BCUT2D eigenvalue weighted by molar-refractivity contribution is 0.657. The van der Waals surface area contributed by atoms with E-state index in [1.807, 2.05) is 18.3 Å². The number of rotatable bonds is 3. The third-order valence-electron chi connectivity index (χ3n) is 2.80. The predicted octanol–water partition coefficient (Wildman–Crippen LogP) is 3.36. The minimum absolute atomic E-state index is 0.447. The number of anilines is 1. The molecule has 2 aromatic heterocycles. The summed E-state index contributed by atoms with van der Waals surface area (Å²) in [6.07, 6.45) is 5.16. The van der Waals surface area contributed by atoms with E-state index in [4.69, 9.17) is 5.73 Å². The van der Waals surface area contributed by atoms with Gasteiger partial charge in [-0.3, -0.25) is 0 Å². The molecule has 0 aromatic carbocycles. The van der Waals surface area contributed by atoms with Crippen LogP contribution in [0.2, 0.25) is 0 Å². The predicted molar refractivity (Wildman–Crippen MR) is 72.6 cm³/mol. The van der Waals surface area contributed by atoms with Crippen LogP contribution in [-0.4, -0.2) is 9.38 Å². The fourth-order valence-corrected chi connectivity index (χ4v) is 1.80. The first-order chi connectivity index (χ1) is 8.52. The molecule has 0 aliphatic heterocycles. The van der Waals surface area contributed by atoms with Crippen LogP contribution in [0.4, 0.5) is 10.2 Å². The number of fused-ring (bicyclic) bond motifs is 1. The van der Waals surface area contributed by atoms with Crippen molar-refractivity contribution >= 4 is 17.0 Å². The van der Waals surface area contributed by atoms with Gasteiger partial charge < -0.3 is 10.1 Å². The highest BCUT2D eigenvalue weighted by atomic mass is 19.1. The van der Waals surface area contributed by atoms with Gasteiger partial charge in [-0.1, -0.05) is 19.2 Å². The molecular formula is C14H14FN3. The molecule has 4 heteroatoms. The van der Waals surface area contributed by atoms with Gasteiger partial charge in [0.25, 0.3) is 0 Å². The molecule has 0 saturated heterocycles. The van der Waals surface area contributed by atoms with E-state index in [0.29, 0.717) is 17.0 Å². The lowest BCUT2D eigenvalue weighted by Crippen LogP contribution is -1.91. The van der Waals surface area contributed by atoms with Crippen LogP contribution >= 0.6 is 0 Å². The molecule has 0 spiro atoms. The summed E-state index contributed by atoms with van der Waals surface area (Å²) >= 11 is 0. The second kappa shape index (κ2) is 4.49. The lowest BCUT2D eigenvalue weighted by Gasteiger charge is -2.07. The highest BCUT2D eigenvalue weighted by molar-refractivity contribution is 5.78. The van der Waals surface area contributed by atoms with Crippen molar-refractivity contribution in [1.82, 2.24) is 9.38 Å². The van der Waals surface area contributed by atoms with Crippen molar-refractivity contribution in [2.75, 3.05) is 5.73 Å². The van der Waals surface area contributed by atoms with Crippen LogP contribution in [0, 0.1) is 0 Å². The average molecular weight is 243 g/mol. The quantitative estimate of drug-likeness (QED) is 0.840. The molecule has 2 aromatic rings. The van der Waals surface area contributed by atoms with Crippen LogP contribution in [0.15, 0.2) is 55.2 Å². The first kappa shape index (κ1) is 12.1. The van der Waals surface area contributed by atoms with Crippen molar-refractivity contribution < 1.29 is 4.39 Å². The molecule has 0 amide bonds. The number of pyridine rings is 1. The molecule has 0 atom stereocenters. The summed E-state index contributed by atoms with van der Waals surface area (Å²) in [4.78, 5) is 4.13. The Balaban J connectivity index is 2.62. The number of allylic oxidation sites excluding steroid dienone is 4. The fourth-order valence-electron chi connectivity index (χ4n) is 1.80. The number of hydrogen-bond donors (Lipinski definition) is 1. The van der Waals surface area contributed by atoms with Crippen molar-refractivity contribution in [2.45, 2.75) is 6.92 Å². The minimum Gasteiger partial charge on any atom is -0.382 e. The Morgan fingerprint density at radius 1 is 1.44 bits per heavy atom. The number of nitrogens with zero attached hydrogens (tertiary/aromatic N) is 2. The highest BCUT2D eigenvalue weighted by Gasteiger charge is 2.07. The SMILES string of the molecule is C=C/C(=C(/C)C(=C)F)c1ccc2nc(N)cn2c1. The molecule has 0 aliphatic carbocycles. The Labute approximate surface area is 105 Å². The van der Waals surface area contributed by atoms with Crippen molar-refractivity contribution in [3.63, 3.8) is 0 Å². The number of aromatic nitrogens is 2. The lowest BCUT2D eigenvalue weighted by atomic mass is 10.0. The van der Waals surface area contributed by atoms with E-state index in [1.165, 1.54) is 0 Å². The maximum absolute atomic E-state index is 13.2. The Kier molecular flexibility index (Phi) is 3.02. The molecule has 2 rings (SSSR count). The topological polar surface area (TPSA) is 43.3 Å². The zero-order valence-corrected chi connectivity index (χ0v) is 10.2. The number of halogens is 1. The van der Waals surface area contributed by atoms with E-state index in [2.05, 4.69) is 18.1 Å². The van der Waals surface area contributed by atoms with Crippen LogP contribution in [0.3, 0.4) is 0 Å². The normalized spacial score (nSPS) is 12.3. The summed E-state index contributed by atoms with van der Waals surface area (Å²) in [5.74, 6) is -0.0157. The second-order valence-electron chi connectivity index (χ2n) is 4.00. The monoisotopic (exact) mass is 243 g/mol. The van der Waals surface area contributed by atoms with Gasteiger partial charge in [-0.05, 0) is 35.8 Å². The van der Waals surface area contributed by atoms with E-state index < -0.39 is 5.83 Å². The first-order valence-electron chi connectivity index (χ1n) is 5.45. The molecule has 2 heterocycles. The number of hydrogen-bond acceptors (Lipinski definition) is 2. The Bertz CT molecular complexity index is 665. The molecule has 2 N–H and O–H groups in total. The first-order valence-corrected chi connectivity index (χ1v) is 5.45. The van der Waals surface area contributed by atoms with Gasteiger partial charge >= 0.3 is 0 Å². The molecule has 0 bridgehead atoms. The number of nitrogens with two attached hydrogens (primary N) is 1. The fraction of sp³-hybridized carbons (Fsp3) is 0.0714. The van der Waals surface area contributed by atoms with Crippen LogP contribution in [0.5, 0.6) is 0 Å². The summed E-state index contributed by atoms with van der Waals surface area (Å²) < 4.78 is 15.0. The summed E-state index contributed by atoms with van der Waals surface area (Å²) in [6.45, 7) is 8.69. The summed E-state index contributed by atoms with van der Waals surface area (Å²) in [5.41, 5.74) is 8.38. The van der Waals surface area contributed by atoms with Gasteiger partial charge in [0.1, 0.15) is 17.3 Å². The van der Waals surface area contributed by atoms with Gasteiger partial charge in [-0.25, -0.2) is 9.37 Å². The molecule has 0 saturated carbocycles. The largest absolute Gasteiger partial charge is 0.382 e. The zero-order chi connectivity index (χ0) is 13.3. The van der Waals surface area contributed by atoms with Crippen molar-refractivity contribution in [1.29, 1.82) is 0 Å². The molecule has 0 unspecified atom stereocenters. The summed E-state index contributed by atoms with van der Waals surface area (Å²) in [5, 5.41) is 0. The van der Waals surface area contributed by atoms with E-state index in [9.17, 15) is 4.39 Å². The third-order valence-corrected chi connectivity index (χ3v) is 2.80. The van der Waals surface area contributed by atoms with E-state index >= 15 is 0 Å². The zero-order valence-electron chi connectivity index (χ0n) is 10.2. The minimum atomic E-state index is -0.463. The van der Waals surface area contributed by atoms with Crippen LogP contribution in [-0.2, 0) is 0 Å². The Hall–Kier alpha value is -2.36. The maximum atomic E-state index is 13.2. The van der Waals surface area contributed by atoms with E-state index in [-0.39, 0.29) is 0 Å². The van der Waals surface area contributed by atoms with Crippen LogP contribution in [0.1, 0.15) is 12.5 Å². The Morgan fingerprint density at radius 3 is 2.78 bits per heavy atom. The Morgan fingerprint density at radius 2 is 2.17 bits per heavy atom. The number of imidazole rings is 1. The molecule has 0 radical (unpaired) electrons. The van der Waals surface area contributed by atoms with Crippen LogP contribution < -0.4 is 5.73 Å². The smallest absolute Gasteiger partial charge is 0.142 e. The van der Waals surface area contributed by atoms with Gasteiger partial charge in [0, 0.05) is 6.20 Å². The standard InChI is InChI=1S/C14H14FN3/c1-4-12(9(2)10(3)15)11-5-6-14-17-13(16)8-18(14)7-11/h4-8H,1,3,16H2,2H3/b12-9+. The highest BCUT2D eigenvalue weighted by Crippen LogP contribution is 2.25. The second-order valence-corrected chi connectivity index (χ2v) is 4.00. The molecule has 3 nitrogen and oxygen atoms in total. The van der Waals surface area contributed by atoms with Gasteiger partial charge in [-0.2, -0.15) is 0 Å². The summed E-state index contributed by atoms with van der Waals surface area (Å²) in [7, 11) is 0. The van der Waals surface area contributed by atoms with E-state index in [0.717, 1.165) is 11.2 Å². The average Bonchev–Trinajstić information content (AvgIpc) is 2.69. The third kappa shape index (κ3) is 2.05. The van der Waals surface area contributed by atoms with Gasteiger partial charge in [0.2, 0.25) is 0 Å². The number of nitrogen functional groups attached to an aromatic ring is 1. The van der Waals surface area contributed by atoms with Gasteiger partial charge in [0.05, 0.1) is 6.20 Å². The summed E-state index contributed by atoms with van der Waals surface area (Å²) in [6, 6.07) is 3.68. The molecule has 18 heavy (non-hydrogen) atoms.